The number of esters is 1. The molecule has 5 heteroatoms. The van der Waals surface area contributed by atoms with Crippen molar-refractivity contribution in [2.75, 3.05) is 6.67 Å². The van der Waals surface area contributed by atoms with E-state index in [1.54, 1.807) is 38.1 Å². The number of carbonyl (C=O) groups is 2. The van der Waals surface area contributed by atoms with Crippen LogP contribution >= 0.6 is 0 Å². The summed E-state index contributed by atoms with van der Waals surface area (Å²) in [6.07, 6.45) is 2.17. The molecule has 0 saturated heterocycles. The van der Waals surface area contributed by atoms with Crippen LogP contribution in [-0.2, 0) is 14.3 Å². The van der Waals surface area contributed by atoms with Gasteiger partial charge in [-0.05, 0) is 12.0 Å². The Morgan fingerprint density at radius 2 is 1.83 bits per heavy atom. The zero-order chi connectivity index (χ0) is 17.9. The number of nitrogens with one attached hydrogen (secondary N) is 1. The highest BCUT2D eigenvalue weighted by molar-refractivity contribution is 5.78. The van der Waals surface area contributed by atoms with Crippen molar-refractivity contribution in [3.8, 4) is 0 Å². The molecule has 134 valence electrons. The largest absolute Gasteiger partial charge is 0.455 e. The molecule has 0 fully saturated rings. The minimum absolute atomic E-state index is 0.263. The van der Waals surface area contributed by atoms with Gasteiger partial charge in [0.2, 0.25) is 5.91 Å². The summed E-state index contributed by atoms with van der Waals surface area (Å²) < 4.78 is 19.1. The molecule has 0 aliphatic carbocycles. The molecule has 0 unspecified atom stereocenters. The van der Waals surface area contributed by atoms with Gasteiger partial charge in [-0.25, -0.2) is 4.39 Å². The van der Waals surface area contributed by atoms with Crippen molar-refractivity contribution < 1.29 is 18.7 Å². The maximum Gasteiger partial charge on any atom is 0.306 e. The highest BCUT2D eigenvalue weighted by atomic mass is 19.1. The van der Waals surface area contributed by atoms with Crippen LogP contribution in [0.5, 0.6) is 0 Å². The van der Waals surface area contributed by atoms with Gasteiger partial charge in [0.1, 0.15) is 12.8 Å². The number of amides is 1. The molecule has 1 aromatic carbocycles. The lowest BCUT2D eigenvalue weighted by molar-refractivity contribution is -0.152. The number of ether oxygens (including phenoxy) is 1. The molecule has 1 aromatic rings. The van der Waals surface area contributed by atoms with Crippen LogP contribution in [0.4, 0.5) is 4.39 Å². The quantitative estimate of drug-likeness (QED) is 0.519. The van der Waals surface area contributed by atoms with Gasteiger partial charge in [-0.1, -0.05) is 63.9 Å². The Labute approximate surface area is 143 Å². The summed E-state index contributed by atoms with van der Waals surface area (Å²) in [6.45, 7) is 4.72. The number of hydrogen-bond donors (Lipinski definition) is 1. The molecular formula is C19H28FNO3. The SMILES string of the molecule is CCCCCC(=O)O[C@H](c1ccccc1)[C@@H](CF)NC(=O)C(C)C. The van der Waals surface area contributed by atoms with Crippen molar-refractivity contribution in [2.24, 2.45) is 5.92 Å². The van der Waals surface area contributed by atoms with Crippen molar-refractivity contribution in [1.82, 2.24) is 5.32 Å². The van der Waals surface area contributed by atoms with E-state index in [1.165, 1.54) is 0 Å². The van der Waals surface area contributed by atoms with E-state index in [9.17, 15) is 14.0 Å². The number of halogens is 1. The second-order valence-corrected chi connectivity index (χ2v) is 6.20. The Hall–Kier alpha value is -1.91. The number of rotatable bonds is 10. The van der Waals surface area contributed by atoms with Gasteiger partial charge in [0.15, 0.2) is 0 Å². The van der Waals surface area contributed by atoms with Crippen molar-refractivity contribution in [2.45, 2.75) is 58.6 Å². The van der Waals surface area contributed by atoms with Crippen LogP contribution in [0.3, 0.4) is 0 Å². The molecule has 2 atom stereocenters. The third kappa shape index (κ3) is 6.69. The van der Waals surface area contributed by atoms with Gasteiger partial charge in [-0.2, -0.15) is 0 Å². The van der Waals surface area contributed by atoms with Crippen molar-refractivity contribution in [1.29, 1.82) is 0 Å². The van der Waals surface area contributed by atoms with Crippen molar-refractivity contribution >= 4 is 11.9 Å². The second-order valence-electron chi connectivity index (χ2n) is 6.20. The fraction of sp³-hybridized carbons (Fsp3) is 0.579. The van der Waals surface area contributed by atoms with E-state index in [1.807, 2.05) is 6.07 Å². The summed E-state index contributed by atoms with van der Waals surface area (Å²) in [6, 6.07) is 8.08. The van der Waals surface area contributed by atoms with E-state index in [-0.39, 0.29) is 17.8 Å². The molecule has 1 rings (SSSR count). The van der Waals surface area contributed by atoms with Crippen molar-refractivity contribution in [3.05, 3.63) is 35.9 Å². The predicted octanol–water partition coefficient (Wildman–Crippen LogP) is 3.96. The first kappa shape index (κ1) is 20.1. The first-order valence-electron chi connectivity index (χ1n) is 8.60. The molecule has 1 amide bonds. The fourth-order valence-electron chi connectivity index (χ4n) is 2.29. The first-order valence-corrected chi connectivity index (χ1v) is 8.60. The Kier molecular flexibility index (Phi) is 9.05. The third-order valence-corrected chi connectivity index (χ3v) is 3.75. The zero-order valence-electron chi connectivity index (χ0n) is 14.8. The van der Waals surface area contributed by atoms with Crippen LogP contribution in [0.25, 0.3) is 0 Å². The normalized spacial score (nSPS) is 13.4. The lowest BCUT2D eigenvalue weighted by Gasteiger charge is -2.27. The number of hydrogen-bond acceptors (Lipinski definition) is 3. The average molecular weight is 337 g/mol. The fourth-order valence-corrected chi connectivity index (χ4v) is 2.29. The van der Waals surface area contributed by atoms with E-state index in [2.05, 4.69) is 12.2 Å². The highest BCUT2D eigenvalue weighted by Gasteiger charge is 2.29. The molecule has 0 saturated carbocycles. The third-order valence-electron chi connectivity index (χ3n) is 3.75. The minimum Gasteiger partial charge on any atom is -0.455 e. The number of benzene rings is 1. The van der Waals surface area contributed by atoms with E-state index >= 15 is 0 Å². The van der Waals surface area contributed by atoms with Gasteiger partial charge in [0.05, 0.1) is 6.04 Å². The van der Waals surface area contributed by atoms with Gasteiger partial charge < -0.3 is 10.1 Å². The van der Waals surface area contributed by atoms with Gasteiger partial charge >= 0.3 is 5.97 Å². The molecule has 0 radical (unpaired) electrons. The van der Waals surface area contributed by atoms with E-state index in [0.29, 0.717) is 12.0 Å². The topological polar surface area (TPSA) is 55.4 Å². The molecule has 0 spiro atoms. The molecule has 0 aromatic heterocycles. The Bertz CT molecular complexity index is 505. The maximum atomic E-state index is 13.6. The van der Waals surface area contributed by atoms with Crippen LogP contribution in [0.1, 0.15) is 58.1 Å². The molecule has 0 heterocycles. The first-order chi connectivity index (χ1) is 11.5. The van der Waals surface area contributed by atoms with Crippen LogP contribution in [0.15, 0.2) is 30.3 Å². The standard InChI is InChI=1S/C19H28FNO3/c1-4-5-7-12-17(22)24-18(15-10-8-6-9-11-15)16(13-20)21-19(23)14(2)3/h6,8-11,14,16,18H,4-5,7,12-13H2,1-3H3,(H,21,23)/t16-,18-/m1/s1. The summed E-state index contributed by atoms with van der Waals surface area (Å²) in [5.74, 6) is -0.897. The van der Waals surface area contributed by atoms with Gasteiger partial charge in [-0.3, -0.25) is 9.59 Å². The molecule has 0 aliphatic rings. The predicted molar refractivity (Wildman–Crippen MR) is 92.2 cm³/mol. The summed E-state index contributed by atoms with van der Waals surface area (Å²) in [7, 11) is 0. The van der Waals surface area contributed by atoms with Gasteiger partial charge in [0, 0.05) is 12.3 Å². The smallest absolute Gasteiger partial charge is 0.306 e. The molecule has 0 aliphatic heterocycles. The lowest BCUT2D eigenvalue weighted by atomic mass is 10.0. The van der Waals surface area contributed by atoms with E-state index in [0.717, 1.165) is 19.3 Å². The molecular weight excluding hydrogens is 309 g/mol. The highest BCUT2D eigenvalue weighted by Crippen LogP contribution is 2.23. The number of carbonyl (C=O) groups excluding carboxylic acids is 2. The Morgan fingerprint density at radius 1 is 1.17 bits per heavy atom. The lowest BCUT2D eigenvalue weighted by Crippen LogP contribution is -2.44. The molecule has 1 N–H and O–H groups in total. The summed E-state index contributed by atoms with van der Waals surface area (Å²) in [4.78, 5) is 24.0. The zero-order valence-corrected chi connectivity index (χ0v) is 14.8. The minimum atomic E-state index is -0.891. The summed E-state index contributed by atoms with van der Waals surface area (Å²) in [5.41, 5.74) is 0.674. The second kappa shape index (κ2) is 10.8. The van der Waals surface area contributed by atoms with Crippen LogP contribution < -0.4 is 5.32 Å². The average Bonchev–Trinajstić information content (AvgIpc) is 2.58. The maximum absolute atomic E-state index is 13.6. The summed E-state index contributed by atoms with van der Waals surface area (Å²) >= 11 is 0. The van der Waals surface area contributed by atoms with Crippen molar-refractivity contribution in [3.63, 3.8) is 0 Å². The molecule has 0 bridgehead atoms. The Balaban J connectivity index is 2.87. The summed E-state index contributed by atoms with van der Waals surface area (Å²) in [5, 5.41) is 2.65. The van der Waals surface area contributed by atoms with Gasteiger partial charge in [0.25, 0.3) is 0 Å². The van der Waals surface area contributed by atoms with E-state index in [4.69, 9.17) is 4.74 Å². The Morgan fingerprint density at radius 3 is 2.38 bits per heavy atom. The van der Waals surface area contributed by atoms with Crippen LogP contribution in [-0.4, -0.2) is 24.6 Å². The number of unbranched alkanes of at least 4 members (excludes halogenated alkanes) is 2. The number of alkyl halides is 1. The van der Waals surface area contributed by atoms with Gasteiger partial charge in [-0.15, -0.1) is 0 Å². The van der Waals surface area contributed by atoms with E-state index < -0.39 is 18.8 Å². The monoisotopic (exact) mass is 337 g/mol. The molecule has 4 nitrogen and oxygen atoms in total. The van der Waals surface area contributed by atoms with Crippen LogP contribution in [0, 0.1) is 5.92 Å². The van der Waals surface area contributed by atoms with Crippen LogP contribution in [0.2, 0.25) is 0 Å². The molecule has 24 heavy (non-hydrogen) atoms.